The topological polar surface area (TPSA) is 8.17 Å². The van der Waals surface area contributed by atoms with E-state index in [4.69, 9.17) is 0 Å². The van der Waals surface area contributed by atoms with Gasteiger partial charge >= 0.3 is 0 Å². The number of hydrogen-bond donors (Lipinski definition) is 0. The molecule has 0 fully saturated rings. The molecule has 0 radical (unpaired) electrons. The van der Waals surface area contributed by atoms with Gasteiger partial charge in [0.25, 0.3) is 0 Å². The summed E-state index contributed by atoms with van der Waals surface area (Å²) in [7, 11) is 0. The molecule has 0 spiro atoms. The van der Waals surface area contributed by atoms with E-state index in [9.17, 15) is 0 Å². The van der Waals surface area contributed by atoms with Crippen molar-refractivity contribution >= 4 is 91.9 Å². The zero-order chi connectivity index (χ0) is 34.9. The standard InChI is InChI=1S/C50H32N2S/c1-2-13-35(14-3-1)52-47-20-10-8-18-42(47)45-31-37(26-28-48(45)52)51(38-27-29-50-46(32-38)43-19-9-11-21-49(43)53-50)36-24-22-33(23-25-36)44-30-34-12-4-5-15-39(34)40-16-6-7-17-41(40)44/h1-32H. The van der Waals surface area contributed by atoms with Crippen molar-refractivity contribution in [2.75, 3.05) is 4.90 Å². The van der Waals surface area contributed by atoms with Gasteiger partial charge in [-0.1, -0.05) is 115 Å². The fourth-order valence-electron chi connectivity index (χ4n) is 8.34. The first kappa shape index (κ1) is 30.0. The summed E-state index contributed by atoms with van der Waals surface area (Å²) in [6.45, 7) is 0. The second-order valence-electron chi connectivity index (χ2n) is 13.7. The third-order valence-corrected chi connectivity index (χ3v) is 11.9. The van der Waals surface area contributed by atoms with Crippen LogP contribution in [0.1, 0.15) is 0 Å². The maximum Gasteiger partial charge on any atom is 0.0542 e. The van der Waals surface area contributed by atoms with Gasteiger partial charge in [-0.2, -0.15) is 0 Å². The van der Waals surface area contributed by atoms with Crippen molar-refractivity contribution < 1.29 is 0 Å². The maximum absolute atomic E-state index is 2.42. The van der Waals surface area contributed by atoms with Gasteiger partial charge < -0.3 is 9.47 Å². The van der Waals surface area contributed by atoms with Crippen LogP contribution >= 0.6 is 11.3 Å². The molecule has 0 saturated heterocycles. The van der Waals surface area contributed by atoms with Crippen molar-refractivity contribution in [2.24, 2.45) is 0 Å². The molecule has 0 N–H and O–H groups in total. The van der Waals surface area contributed by atoms with E-state index < -0.39 is 0 Å². The van der Waals surface area contributed by atoms with Gasteiger partial charge in [0.05, 0.1) is 11.0 Å². The first-order valence-corrected chi connectivity index (χ1v) is 18.9. The lowest BCUT2D eigenvalue weighted by molar-refractivity contribution is 1.18. The number of thiophene rings is 1. The van der Waals surface area contributed by atoms with Crippen LogP contribution in [0, 0.1) is 0 Å². The number of rotatable bonds is 5. The Morgan fingerprint density at radius 1 is 0.358 bits per heavy atom. The largest absolute Gasteiger partial charge is 0.310 e. The molecule has 11 aromatic rings. The zero-order valence-electron chi connectivity index (χ0n) is 28.8. The molecular weight excluding hydrogens is 661 g/mol. The lowest BCUT2D eigenvalue weighted by atomic mass is 9.93. The van der Waals surface area contributed by atoms with Gasteiger partial charge in [0.2, 0.25) is 0 Å². The summed E-state index contributed by atoms with van der Waals surface area (Å²) in [6.07, 6.45) is 0. The van der Waals surface area contributed by atoms with Gasteiger partial charge in [0, 0.05) is 53.7 Å². The van der Waals surface area contributed by atoms with E-state index in [-0.39, 0.29) is 0 Å². The molecule has 248 valence electrons. The maximum atomic E-state index is 2.42. The lowest BCUT2D eigenvalue weighted by Crippen LogP contribution is -2.09. The highest BCUT2D eigenvalue weighted by Gasteiger charge is 2.19. The fourth-order valence-corrected chi connectivity index (χ4v) is 9.43. The molecule has 2 heterocycles. The molecule has 0 aliphatic carbocycles. The minimum Gasteiger partial charge on any atom is -0.310 e. The second-order valence-corrected chi connectivity index (χ2v) is 14.8. The summed E-state index contributed by atoms with van der Waals surface area (Å²) in [5, 5.41) is 10.2. The quantitative estimate of drug-likeness (QED) is 0.163. The monoisotopic (exact) mass is 692 g/mol. The van der Waals surface area contributed by atoms with Crippen LogP contribution in [0.4, 0.5) is 17.1 Å². The minimum atomic E-state index is 1.11. The van der Waals surface area contributed by atoms with Gasteiger partial charge in [0.15, 0.2) is 0 Å². The van der Waals surface area contributed by atoms with Crippen molar-refractivity contribution in [3.05, 3.63) is 194 Å². The molecule has 3 heteroatoms. The highest BCUT2D eigenvalue weighted by Crippen LogP contribution is 2.44. The summed E-state index contributed by atoms with van der Waals surface area (Å²) in [5.41, 5.74) is 9.38. The van der Waals surface area contributed by atoms with E-state index in [0.717, 1.165) is 22.7 Å². The third-order valence-electron chi connectivity index (χ3n) is 10.8. The summed E-state index contributed by atoms with van der Waals surface area (Å²) in [5.74, 6) is 0. The molecule has 0 aliphatic heterocycles. The molecule has 0 atom stereocenters. The van der Waals surface area contributed by atoms with E-state index in [2.05, 4.69) is 204 Å². The Labute approximate surface area is 311 Å². The molecule has 9 aromatic carbocycles. The van der Waals surface area contributed by atoms with Crippen molar-refractivity contribution in [2.45, 2.75) is 0 Å². The van der Waals surface area contributed by atoms with Gasteiger partial charge in [-0.15, -0.1) is 11.3 Å². The number of para-hydroxylation sites is 2. The number of nitrogens with zero attached hydrogens (tertiary/aromatic N) is 2. The Kier molecular flexibility index (Phi) is 6.76. The van der Waals surface area contributed by atoms with E-state index in [1.165, 1.54) is 74.6 Å². The Morgan fingerprint density at radius 2 is 0.943 bits per heavy atom. The van der Waals surface area contributed by atoms with Gasteiger partial charge in [-0.25, -0.2) is 0 Å². The van der Waals surface area contributed by atoms with Crippen LogP contribution in [0.5, 0.6) is 0 Å². The molecule has 0 aliphatic rings. The Hall–Kier alpha value is -6.68. The smallest absolute Gasteiger partial charge is 0.0542 e. The highest BCUT2D eigenvalue weighted by molar-refractivity contribution is 7.25. The van der Waals surface area contributed by atoms with Crippen molar-refractivity contribution in [1.29, 1.82) is 0 Å². The van der Waals surface area contributed by atoms with Crippen molar-refractivity contribution in [3.8, 4) is 16.8 Å². The Bertz CT molecular complexity index is 3170. The molecule has 2 aromatic heterocycles. The summed E-state index contributed by atoms with van der Waals surface area (Å²) in [6, 6.07) is 71.0. The van der Waals surface area contributed by atoms with Crippen molar-refractivity contribution in [3.63, 3.8) is 0 Å². The first-order chi connectivity index (χ1) is 26.3. The predicted molar refractivity (Wildman–Crippen MR) is 229 cm³/mol. The van der Waals surface area contributed by atoms with E-state index >= 15 is 0 Å². The average molecular weight is 693 g/mol. The molecule has 0 amide bonds. The lowest BCUT2D eigenvalue weighted by Gasteiger charge is -2.26. The van der Waals surface area contributed by atoms with Gasteiger partial charge in [-0.3, -0.25) is 0 Å². The number of benzene rings is 9. The van der Waals surface area contributed by atoms with Crippen LogP contribution < -0.4 is 4.90 Å². The fraction of sp³-hybridized carbons (Fsp3) is 0. The number of aromatic nitrogens is 1. The summed E-state index contributed by atoms with van der Waals surface area (Å²) < 4.78 is 4.99. The van der Waals surface area contributed by atoms with Gasteiger partial charge in [0.1, 0.15) is 0 Å². The molecule has 11 rings (SSSR count). The van der Waals surface area contributed by atoms with Crippen LogP contribution in [0.2, 0.25) is 0 Å². The number of fused-ring (bicyclic) bond motifs is 9. The van der Waals surface area contributed by atoms with E-state index in [1.54, 1.807) is 0 Å². The van der Waals surface area contributed by atoms with Crippen LogP contribution in [0.3, 0.4) is 0 Å². The molecule has 0 unspecified atom stereocenters. The van der Waals surface area contributed by atoms with E-state index in [0.29, 0.717) is 0 Å². The normalized spacial score (nSPS) is 11.8. The van der Waals surface area contributed by atoms with Crippen LogP contribution in [0.25, 0.3) is 80.3 Å². The molecule has 0 saturated carbocycles. The summed E-state index contributed by atoms with van der Waals surface area (Å²) in [4.78, 5) is 2.42. The third kappa shape index (κ3) is 4.78. The average Bonchev–Trinajstić information content (AvgIpc) is 3.76. The second kappa shape index (κ2) is 11.9. The SMILES string of the molecule is c1ccc(-n2c3ccccc3c3cc(N(c4ccc(-c5cc6ccccc6c6ccccc56)cc4)c4ccc5sc6ccccc6c5c4)ccc32)cc1. The van der Waals surface area contributed by atoms with Gasteiger partial charge in [-0.05, 0) is 112 Å². The van der Waals surface area contributed by atoms with Crippen molar-refractivity contribution in [1.82, 2.24) is 4.57 Å². The first-order valence-electron chi connectivity index (χ1n) is 18.1. The zero-order valence-corrected chi connectivity index (χ0v) is 29.6. The van der Waals surface area contributed by atoms with Crippen LogP contribution in [-0.4, -0.2) is 4.57 Å². The Balaban J connectivity index is 1.12. The van der Waals surface area contributed by atoms with Crippen LogP contribution in [0.15, 0.2) is 194 Å². The Morgan fingerprint density at radius 3 is 1.77 bits per heavy atom. The van der Waals surface area contributed by atoms with Crippen LogP contribution in [-0.2, 0) is 0 Å². The molecule has 0 bridgehead atoms. The minimum absolute atomic E-state index is 1.11. The molecule has 53 heavy (non-hydrogen) atoms. The summed E-state index contributed by atoms with van der Waals surface area (Å²) >= 11 is 1.86. The number of hydrogen-bond acceptors (Lipinski definition) is 2. The number of anilines is 3. The predicted octanol–water partition coefficient (Wildman–Crippen LogP) is 14.6. The molecule has 2 nitrogen and oxygen atoms in total. The molecular formula is C50H32N2S. The highest BCUT2D eigenvalue weighted by atomic mass is 32.1. The van der Waals surface area contributed by atoms with E-state index in [1.807, 2.05) is 11.3 Å².